The van der Waals surface area contributed by atoms with E-state index in [1.54, 1.807) is 30.3 Å². The first kappa shape index (κ1) is 22.1. The maximum atomic E-state index is 13.6. The van der Waals surface area contributed by atoms with E-state index in [1.807, 2.05) is 32.0 Å². The van der Waals surface area contributed by atoms with E-state index in [9.17, 15) is 13.2 Å². The molecule has 0 fully saturated rings. The number of benzene rings is 2. The van der Waals surface area contributed by atoms with Crippen LogP contribution in [0, 0.1) is 0 Å². The van der Waals surface area contributed by atoms with E-state index in [2.05, 4.69) is 11.9 Å². The second-order valence-corrected chi connectivity index (χ2v) is 9.46. The van der Waals surface area contributed by atoms with Gasteiger partial charge in [-0.1, -0.05) is 61.4 Å². The lowest BCUT2D eigenvalue weighted by Crippen LogP contribution is -2.43. The molecule has 1 heterocycles. The number of hydrogen-bond donors (Lipinski definition) is 1. The van der Waals surface area contributed by atoms with Gasteiger partial charge >= 0.3 is 0 Å². The zero-order valence-electron chi connectivity index (χ0n) is 17.1. The third-order valence-electron chi connectivity index (χ3n) is 4.93. The molecule has 1 aliphatic heterocycles. The average Bonchev–Trinajstić information content (AvgIpc) is 2.70. The first-order valence-electron chi connectivity index (χ1n) is 9.85. The van der Waals surface area contributed by atoms with Crippen molar-refractivity contribution in [2.45, 2.75) is 32.7 Å². The number of amides is 1. The SMILES string of the molecule is C=CCN1c2ccc(Cl)cc2C(c2ccccc2)=C(C(=O)NC(C)CCC)S1(=O)=O. The minimum Gasteiger partial charge on any atom is -0.349 e. The van der Waals surface area contributed by atoms with Crippen LogP contribution in [0.5, 0.6) is 0 Å². The van der Waals surface area contributed by atoms with Crippen LogP contribution in [0.15, 0.2) is 66.1 Å². The van der Waals surface area contributed by atoms with Crippen LogP contribution in [0.3, 0.4) is 0 Å². The Hall–Kier alpha value is -2.57. The number of anilines is 1. The molecule has 1 N–H and O–H groups in total. The highest BCUT2D eigenvalue weighted by molar-refractivity contribution is 7.97. The smallest absolute Gasteiger partial charge is 0.270 e. The van der Waals surface area contributed by atoms with Gasteiger partial charge in [-0.15, -0.1) is 6.58 Å². The van der Waals surface area contributed by atoms with Crippen molar-refractivity contribution in [1.29, 1.82) is 0 Å². The van der Waals surface area contributed by atoms with Crippen molar-refractivity contribution in [1.82, 2.24) is 5.32 Å². The van der Waals surface area contributed by atoms with Gasteiger partial charge in [0.25, 0.3) is 15.9 Å². The van der Waals surface area contributed by atoms with Gasteiger partial charge in [-0.25, -0.2) is 8.42 Å². The summed E-state index contributed by atoms with van der Waals surface area (Å²) in [6.45, 7) is 7.60. The Balaban J connectivity index is 2.34. The van der Waals surface area contributed by atoms with Crippen LogP contribution in [0.4, 0.5) is 5.69 Å². The van der Waals surface area contributed by atoms with Crippen molar-refractivity contribution in [3.05, 3.63) is 82.2 Å². The van der Waals surface area contributed by atoms with Gasteiger partial charge in [-0.3, -0.25) is 9.10 Å². The molecular weight excluding hydrogens is 420 g/mol. The van der Waals surface area contributed by atoms with Crippen LogP contribution in [-0.2, 0) is 14.8 Å². The van der Waals surface area contributed by atoms with E-state index in [0.29, 0.717) is 27.4 Å². The molecule has 7 heteroatoms. The molecule has 158 valence electrons. The number of hydrogen-bond acceptors (Lipinski definition) is 3. The minimum absolute atomic E-state index is 0.0420. The molecule has 0 aromatic heterocycles. The van der Waals surface area contributed by atoms with Crippen LogP contribution < -0.4 is 9.62 Å². The summed E-state index contributed by atoms with van der Waals surface area (Å²) in [4.78, 5) is 13.0. The predicted molar refractivity (Wildman–Crippen MR) is 123 cm³/mol. The molecule has 0 saturated carbocycles. The summed E-state index contributed by atoms with van der Waals surface area (Å²) >= 11 is 6.27. The Morgan fingerprint density at radius 3 is 2.57 bits per heavy atom. The number of rotatable bonds is 7. The van der Waals surface area contributed by atoms with Crippen LogP contribution in [0.25, 0.3) is 5.57 Å². The molecule has 2 aromatic carbocycles. The third-order valence-corrected chi connectivity index (χ3v) is 7.00. The second-order valence-electron chi connectivity index (χ2n) is 7.22. The maximum absolute atomic E-state index is 13.6. The summed E-state index contributed by atoms with van der Waals surface area (Å²) < 4.78 is 28.5. The van der Waals surface area contributed by atoms with E-state index < -0.39 is 15.9 Å². The molecule has 0 bridgehead atoms. The number of nitrogens with zero attached hydrogens (tertiary/aromatic N) is 1. The number of fused-ring (bicyclic) bond motifs is 1. The molecular formula is C23H25ClN2O3S. The highest BCUT2D eigenvalue weighted by atomic mass is 35.5. The predicted octanol–water partition coefficient (Wildman–Crippen LogP) is 4.74. The van der Waals surface area contributed by atoms with Crippen molar-refractivity contribution in [3.8, 4) is 0 Å². The maximum Gasteiger partial charge on any atom is 0.270 e. The standard InChI is InChI=1S/C23H25ClN2O3S/c1-4-9-16(3)25-23(27)22-21(17-10-7-6-8-11-17)19-15-18(24)12-13-20(19)26(14-5-2)30(22,28)29/h5-8,10-13,15-16H,2,4,9,14H2,1,3H3,(H,25,27). The lowest BCUT2D eigenvalue weighted by Gasteiger charge is -2.33. The fourth-order valence-corrected chi connectivity index (χ4v) is 5.54. The van der Waals surface area contributed by atoms with Gasteiger partial charge in [0.15, 0.2) is 4.91 Å². The zero-order valence-corrected chi connectivity index (χ0v) is 18.6. The van der Waals surface area contributed by atoms with E-state index in [4.69, 9.17) is 11.6 Å². The lowest BCUT2D eigenvalue weighted by atomic mass is 9.95. The average molecular weight is 445 g/mol. The van der Waals surface area contributed by atoms with Crippen molar-refractivity contribution < 1.29 is 13.2 Å². The fourth-order valence-electron chi connectivity index (χ4n) is 3.65. The monoisotopic (exact) mass is 444 g/mol. The van der Waals surface area contributed by atoms with Gasteiger partial charge in [0, 0.05) is 22.2 Å². The summed E-state index contributed by atoms with van der Waals surface area (Å²) in [5.74, 6) is -0.616. The first-order valence-corrected chi connectivity index (χ1v) is 11.7. The summed E-state index contributed by atoms with van der Waals surface area (Å²) in [5, 5.41) is 3.31. The fraction of sp³-hybridized carbons (Fsp3) is 0.261. The van der Waals surface area contributed by atoms with Crippen LogP contribution in [0.2, 0.25) is 5.02 Å². The second kappa shape index (κ2) is 9.06. The van der Waals surface area contributed by atoms with Gasteiger partial charge in [-0.2, -0.15) is 0 Å². The van der Waals surface area contributed by atoms with Gasteiger partial charge in [-0.05, 0) is 37.1 Å². The van der Waals surface area contributed by atoms with Crippen LogP contribution in [-0.4, -0.2) is 26.9 Å². The number of nitrogens with one attached hydrogen (secondary N) is 1. The van der Waals surface area contributed by atoms with Crippen LogP contribution in [0.1, 0.15) is 37.8 Å². The molecule has 1 amide bonds. The highest BCUT2D eigenvalue weighted by Gasteiger charge is 2.41. The Kier molecular flexibility index (Phi) is 6.68. The lowest BCUT2D eigenvalue weighted by molar-refractivity contribution is -0.117. The van der Waals surface area contributed by atoms with Gasteiger partial charge < -0.3 is 5.32 Å². The summed E-state index contributed by atoms with van der Waals surface area (Å²) in [6.07, 6.45) is 3.12. The molecule has 30 heavy (non-hydrogen) atoms. The van der Waals surface area contributed by atoms with Crippen LogP contribution >= 0.6 is 11.6 Å². The van der Waals surface area contributed by atoms with E-state index >= 15 is 0 Å². The highest BCUT2D eigenvalue weighted by Crippen LogP contribution is 2.43. The summed E-state index contributed by atoms with van der Waals surface area (Å²) in [7, 11) is -4.12. The quantitative estimate of drug-likeness (QED) is 0.627. The van der Waals surface area contributed by atoms with Crippen molar-refractivity contribution in [3.63, 3.8) is 0 Å². The van der Waals surface area contributed by atoms with Crippen molar-refractivity contribution in [2.75, 3.05) is 10.8 Å². The van der Waals surface area contributed by atoms with E-state index in [1.165, 1.54) is 10.4 Å². The first-order chi connectivity index (χ1) is 14.3. The molecule has 0 radical (unpaired) electrons. The Morgan fingerprint density at radius 1 is 1.23 bits per heavy atom. The summed E-state index contributed by atoms with van der Waals surface area (Å²) in [6, 6.07) is 13.9. The largest absolute Gasteiger partial charge is 0.349 e. The molecule has 0 spiro atoms. The topological polar surface area (TPSA) is 66.5 Å². The minimum atomic E-state index is -4.12. The zero-order chi connectivity index (χ0) is 21.9. The van der Waals surface area contributed by atoms with E-state index in [-0.39, 0.29) is 17.5 Å². The summed E-state index contributed by atoms with van der Waals surface area (Å²) in [5.41, 5.74) is 2.06. The number of halogens is 1. The van der Waals surface area contributed by atoms with Gasteiger partial charge in [0.1, 0.15) is 0 Å². The third kappa shape index (κ3) is 4.16. The van der Waals surface area contributed by atoms with Crippen molar-refractivity contribution in [2.24, 2.45) is 0 Å². The molecule has 1 atom stereocenters. The molecule has 3 rings (SSSR count). The molecule has 1 unspecified atom stereocenters. The Morgan fingerprint density at radius 2 is 1.93 bits per heavy atom. The molecule has 0 aliphatic carbocycles. The van der Waals surface area contributed by atoms with E-state index in [0.717, 1.165) is 12.8 Å². The van der Waals surface area contributed by atoms with Gasteiger partial charge in [0.2, 0.25) is 0 Å². The Bertz CT molecular complexity index is 1090. The molecule has 0 saturated heterocycles. The van der Waals surface area contributed by atoms with Crippen molar-refractivity contribution >= 4 is 38.8 Å². The van der Waals surface area contributed by atoms with Gasteiger partial charge in [0.05, 0.1) is 12.2 Å². The molecule has 5 nitrogen and oxygen atoms in total. The Labute approximate surface area is 183 Å². The number of carbonyl (C=O) groups excluding carboxylic acids is 1. The number of sulfonamides is 1. The molecule has 2 aromatic rings. The number of carbonyl (C=O) groups is 1. The molecule has 1 aliphatic rings. The normalized spacial score (nSPS) is 16.0.